The van der Waals surface area contributed by atoms with Crippen molar-refractivity contribution in [1.82, 2.24) is 9.97 Å². The Hall–Kier alpha value is -3.06. The summed E-state index contributed by atoms with van der Waals surface area (Å²) in [5, 5.41) is 3.33. The number of aromatic nitrogens is 2. The highest BCUT2D eigenvalue weighted by atomic mass is 35.5. The van der Waals surface area contributed by atoms with Gasteiger partial charge in [0.25, 0.3) is 0 Å². The van der Waals surface area contributed by atoms with Gasteiger partial charge < -0.3 is 10.2 Å². The van der Waals surface area contributed by atoms with Crippen molar-refractivity contribution < 1.29 is 13.6 Å². The van der Waals surface area contributed by atoms with Crippen LogP contribution in [0.4, 0.5) is 26.0 Å². The molecule has 1 saturated heterocycles. The Bertz CT molecular complexity index is 1060. The molecule has 142 valence electrons. The molecule has 0 radical (unpaired) electrons. The van der Waals surface area contributed by atoms with Crippen molar-refractivity contribution in [3.05, 3.63) is 65.6 Å². The van der Waals surface area contributed by atoms with E-state index in [9.17, 15) is 13.6 Å². The Morgan fingerprint density at radius 3 is 2.68 bits per heavy atom. The Morgan fingerprint density at radius 2 is 1.93 bits per heavy atom. The lowest BCUT2D eigenvalue weighted by Gasteiger charge is -2.16. The summed E-state index contributed by atoms with van der Waals surface area (Å²) in [7, 11) is 0. The van der Waals surface area contributed by atoms with Crippen LogP contribution >= 0.6 is 11.6 Å². The predicted molar refractivity (Wildman–Crippen MR) is 104 cm³/mol. The first-order chi connectivity index (χ1) is 13.5. The van der Waals surface area contributed by atoms with E-state index in [1.54, 1.807) is 29.4 Å². The molecule has 1 amide bonds. The molecular weight excluding hydrogens is 386 g/mol. The standard InChI is InChI=1S/C20H15ClF2N4O/c21-17-11-25-19(8-16(17)15-4-3-12(22)6-18(15)23)26-13-7-14(10-24-9-13)27-5-1-2-20(27)28/h3-4,6-11H,1-2,5H2,(H,25,26). The molecule has 5 nitrogen and oxygen atoms in total. The summed E-state index contributed by atoms with van der Waals surface area (Å²) in [5.41, 5.74) is 1.88. The van der Waals surface area contributed by atoms with Gasteiger partial charge in [0.05, 0.1) is 28.8 Å². The normalized spacial score (nSPS) is 13.8. The van der Waals surface area contributed by atoms with Gasteiger partial charge in [-0.2, -0.15) is 0 Å². The van der Waals surface area contributed by atoms with Gasteiger partial charge >= 0.3 is 0 Å². The van der Waals surface area contributed by atoms with Crippen molar-refractivity contribution in [3.8, 4) is 11.1 Å². The molecule has 0 aliphatic carbocycles. The summed E-state index contributed by atoms with van der Waals surface area (Å²) in [4.78, 5) is 22.0. The van der Waals surface area contributed by atoms with E-state index < -0.39 is 11.6 Å². The summed E-state index contributed by atoms with van der Waals surface area (Å²) in [6, 6.07) is 6.68. The van der Waals surface area contributed by atoms with Crippen molar-refractivity contribution in [2.45, 2.75) is 12.8 Å². The molecule has 3 aromatic rings. The number of benzene rings is 1. The van der Waals surface area contributed by atoms with E-state index in [0.29, 0.717) is 35.7 Å². The van der Waals surface area contributed by atoms with Crippen LogP contribution in [0.5, 0.6) is 0 Å². The zero-order chi connectivity index (χ0) is 19.7. The number of hydrogen-bond donors (Lipinski definition) is 1. The lowest BCUT2D eigenvalue weighted by molar-refractivity contribution is -0.117. The number of halogens is 3. The number of hydrogen-bond acceptors (Lipinski definition) is 4. The molecule has 0 atom stereocenters. The van der Waals surface area contributed by atoms with Crippen LogP contribution in [0.1, 0.15) is 12.8 Å². The monoisotopic (exact) mass is 400 g/mol. The Kier molecular flexibility index (Phi) is 4.92. The fourth-order valence-electron chi connectivity index (χ4n) is 3.13. The maximum atomic E-state index is 14.2. The molecular formula is C20H15ClF2N4O. The number of carbonyl (C=O) groups excluding carboxylic acids is 1. The van der Waals surface area contributed by atoms with E-state index in [1.807, 2.05) is 0 Å². The van der Waals surface area contributed by atoms with E-state index in [4.69, 9.17) is 11.6 Å². The minimum absolute atomic E-state index is 0.0673. The molecule has 4 rings (SSSR count). The van der Waals surface area contributed by atoms with E-state index >= 15 is 0 Å². The summed E-state index contributed by atoms with van der Waals surface area (Å²) < 4.78 is 27.3. The minimum atomic E-state index is -0.713. The van der Waals surface area contributed by atoms with Crippen molar-refractivity contribution >= 4 is 34.7 Å². The number of anilines is 3. The first-order valence-electron chi connectivity index (χ1n) is 8.65. The molecule has 0 saturated carbocycles. The van der Waals surface area contributed by atoms with Crippen molar-refractivity contribution in [1.29, 1.82) is 0 Å². The van der Waals surface area contributed by atoms with Gasteiger partial charge in [-0.15, -0.1) is 0 Å². The first kappa shape index (κ1) is 18.3. The average Bonchev–Trinajstić information content (AvgIpc) is 3.10. The van der Waals surface area contributed by atoms with Crippen LogP contribution < -0.4 is 10.2 Å². The first-order valence-corrected chi connectivity index (χ1v) is 9.02. The summed E-state index contributed by atoms with van der Waals surface area (Å²) in [5.74, 6) is -0.896. The Labute approximate surface area is 165 Å². The molecule has 1 N–H and O–H groups in total. The summed E-state index contributed by atoms with van der Waals surface area (Å²) in [6.07, 6.45) is 5.97. The lowest BCUT2D eigenvalue weighted by atomic mass is 10.1. The highest BCUT2D eigenvalue weighted by molar-refractivity contribution is 6.33. The second-order valence-corrected chi connectivity index (χ2v) is 6.79. The third kappa shape index (κ3) is 3.66. The smallest absolute Gasteiger partial charge is 0.227 e. The van der Waals surface area contributed by atoms with Crippen LogP contribution in [0.25, 0.3) is 11.1 Å². The molecule has 1 fully saturated rings. The van der Waals surface area contributed by atoms with Gasteiger partial charge in [0.2, 0.25) is 5.91 Å². The fourth-order valence-corrected chi connectivity index (χ4v) is 3.34. The van der Waals surface area contributed by atoms with E-state index in [-0.39, 0.29) is 16.5 Å². The van der Waals surface area contributed by atoms with Crippen molar-refractivity contribution in [3.63, 3.8) is 0 Å². The number of nitrogens with one attached hydrogen (secondary N) is 1. The van der Waals surface area contributed by atoms with E-state index in [1.165, 1.54) is 18.3 Å². The Morgan fingerprint density at radius 1 is 1.07 bits per heavy atom. The second-order valence-electron chi connectivity index (χ2n) is 6.38. The second kappa shape index (κ2) is 7.52. The van der Waals surface area contributed by atoms with Gasteiger partial charge in [0, 0.05) is 36.4 Å². The van der Waals surface area contributed by atoms with Gasteiger partial charge in [0.15, 0.2) is 0 Å². The molecule has 1 aliphatic rings. The molecule has 8 heteroatoms. The molecule has 28 heavy (non-hydrogen) atoms. The predicted octanol–water partition coefficient (Wildman–Crippen LogP) is 4.95. The van der Waals surface area contributed by atoms with Crippen LogP contribution in [-0.2, 0) is 4.79 Å². The zero-order valence-corrected chi connectivity index (χ0v) is 15.4. The van der Waals surface area contributed by atoms with Crippen molar-refractivity contribution in [2.24, 2.45) is 0 Å². The van der Waals surface area contributed by atoms with Gasteiger partial charge in [-0.05, 0) is 30.7 Å². The van der Waals surface area contributed by atoms with Gasteiger partial charge in [-0.3, -0.25) is 9.78 Å². The number of rotatable bonds is 4. The van der Waals surface area contributed by atoms with Crippen LogP contribution in [0.2, 0.25) is 5.02 Å². The highest BCUT2D eigenvalue weighted by Gasteiger charge is 2.22. The molecule has 1 aromatic carbocycles. The molecule has 3 heterocycles. The van der Waals surface area contributed by atoms with E-state index in [0.717, 1.165) is 12.5 Å². The Balaban J connectivity index is 1.63. The van der Waals surface area contributed by atoms with Gasteiger partial charge in [0.1, 0.15) is 17.5 Å². The highest BCUT2D eigenvalue weighted by Crippen LogP contribution is 2.32. The number of carbonyl (C=O) groups is 1. The SMILES string of the molecule is O=C1CCCN1c1cncc(Nc2cc(-c3ccc(F)cc3F)c(Cl)cn2)c1. The minimum Gasteiger partial charge on any atom is -0.339 e. The quantitative estimate of drug-likeness (QED) is 0.673. The van der Waals surface area contributed by atoms with Crippen LogP contribution in [0.3, 0.4) is 0 Å². The molecule has 0 spiro atoms. The number of pyridine rings is 2. The topological polar surface area (TPSA) is 58.1 Å². The maximum absolute atomic E-state index is 14.2. The number of amides is 1. The molecule has 0 bridgehead atoms. The fraction of sp³-hybridized carbons (Fsp3) is 0.150. The molecule has 1 aliphatic heterocycles. The summed E-state index contributed by atoms with van der Waals surface area (Å²) in [6.45, 7) is 0.664. The van der Waals surface area contributed by atoms with Gasteiger partial charge in [-0.1, -0.05) is 11.6 Å². The van der Waals surface area contributed by atoms with Crippen molar-refractivity contribution in [2.75, 3.05) is 16.8 Å². The van der Waals surface area contributed by atoms with Crippen LogP contribution in [0.15, 0.2) is 48.9 Å². The van der Waals surface area contributed by atoms with Gasteiger partial charge in [-0.25, -0.2) is 13.8 Å². The van der Waals surface area contributed by atoms with E-state index in [2.05, 4.69) is 15.3 Å². The lowest BCUT2D eigenvalue weighted by Crippen LogP contribution is -2.23. The number of nitrogens with zero attached hydrogens (tertiary/aromatic N) is 3. The van der Waals surface area contributed by atoms with Crippen LogP contribution in [0, 0.1) is 11.6 Å². The van der Waals surface area contributed by atoms with Crippen LogP contribution in [-0.4, -0.2) is 22.4 Å². The third-order valence-electron chi connectivity index (χ3n) is 4.46. The molecule has 2 aromatic heterocycles. The largest absolute Gasteiger partial charge is 0.339 e. The molecule has 0 unspecified atom stereocenters. The maximum Gasteiger partial charge on any atom is 0.227 e. The summed E-state index contributed by atoms with van der Waals surface area (Å²) >= 11 is 6.17. The average molecular weight is 401 g/mol. The third-order valence-corrected chi connectivity index (χ3v) is 4.76. The zero-order valence-electron chi connectivity index (χ0n) is 14.6.